The minimum absolute atomic E-state index is 0.110. The second-order valence-corrected chi connectivity index (χ2v) is 7.41. The number of hydrogen-bond donors (Lipinski definition) is 2. The van der Waals surface area contributed by atoms with Crippen LogP contribution < -0.4 is 5.32 Å². The Morgan fingerprint density at radius 1 is 1.26 bits per heavy atom. The van der Waals surface area contributed by atoms with Crippen molar-refractivity contribution in [3.8, 4) is 5.75 Å². The van der Waals surface area contributed by atoms with Gasteiger partial charge in [0.05, 0.1) is 0 Å². The van der Waals surface area contributed by atoms with Gasteiger partial charge in [-0.05, 0) is 31.0 Å². The number of sulfonamides is 1. The van der Waals surface area contributed by atoms with Crippen molar-refractivity contribution in [1.82, 2.24) is 9.62 Å². The first-order valence-corrected chi connectivity index (χ1v) is 8.03. The lowest BCUT2D eigenvalue weighted by Crippen LogP contribution is -2.52. The number of hydrogen-bond acceptors (Lipinski definition) is 4. The van der Waals surface area contributed by atoms with E-state index in [1.807, 2.05) is 0 Å². The highest BCUT2D eigenvalue weighted by Crippen LogP contribution is 2.31. The largest absolute Gasteiger partial charge is 0.507 e. The molecule has 2 heterocycles. The van der Waals surface area contributed by atoms with Crippen molar-refractivity contribution in [2.24, 2.45) is 0 Å². The summed E-state index contributed by atoms with van der Waals surface area (Å²) in [6.07, 6.45) is 2.00. The Balaban J connectivity index is 1.96. The third-order valence-electron chi connectivity index (χ3n) is 3.72. The van der Waals surface area contributed by atoms with Gasteiger partial charge in [0.2, 0.25) is 10.0 Å². The van der Waals surface area contributed by atoms with E-state index in [1.54, 1.807) is 0 Å². The Morgan fingerprint density at radius 2 is 1.89 bits per heavy atom. The van der Waals surface area contributed by atoms with E-state index in [4.69, 9.17) is 11.6 Å². The predicted octanol–water partition coefficient (Wildman–Crippen LogP) is 1.17. The number of nitrogens with zero attached hydrogens (tertiary/aromatic N) is 1. The number of halogens is 1. The van der Waals surface area contributed by atoms with E-state index in [2.05, 4.69) is 5.32 Å². The second-order valence-electron chi connectivity index (χ2n) is 5.07. The fraction of sp³-hybridized carbons (Fsp3) is 0.500. The Hall–Kier alpha value is -0.820. The fourth-order valence-electron chi connectivity index (χ4n) is 2.79. The van der Waals surface area contributed by atoms with Crippen LogP contribution in [0.4, 0.5) is 0 Å². The lowest BCUT2D eigenvalue weighted by atomic mass is 10.2. The second kappa shape index (κ2) is 4.63. The first kappa shape index (κ1) is 13.2. The summed E-state index contributed by atoms with van der Waals surface area (Å²) in [5.41, 5.74) is 0. The molecule has 2 saturated heterocycles. The molecule has 2 atom stereocenters. The molecule has 7 heteroatoms. The van der Waals surface area contributed by atoms with E-state index >= 15 is 0 Å². The van der Waals surface area contributed by atoms with E-state index in [0.717, 1.165) is 12.8 Å². The highest BCUT2D eigenvalue weighted by Gasteiger charge is 2.38. The molecule has 0 spiro atoms. The van der Waals surface area contributed by atoms with Crippen LogP contribution in [0, 0.1) is 0 Å². The number of rotatable bonds is 2. The zero-order valence-electron chi connectivity index (χ0n) is 10.2. The van der Waals surface area contributed by atoms with E-state index in [9.17, 15) is 13.5 Å². The molecule has 2 aliphatic heterocycles. The fourth-order valence-corrected chi connectivity index (χ4v) is 4.66. The smallest absolute Gasteiger partial charge is 0.246 e. The van der Waals surface area contributed by atoms with Crippen LogP contribution in [0.15, 0.2) is 23.1 Å². The van der Waals surface area contributed by atoms with Crippen LogP contribution in [0.25, 0.3) is 0 Å². The van der Waals surface area contributed by atoms with Crippen LogP contribution in [0.2, 0.25) is 5.02 Å². The first-order chi connectivity index (χ1) is 8.96. The van der Waals surface area contributed by atoms with Crippen LogP contribution in [0.1, 0.15) is 12.8 Å². The third kappa shape index (κ3) is 2.33. The third-order valence-corrected chi connectivity index (χ3v) is 5.82. The molecule has 1 aromatic rings. The van der Waals surface area contributed by atoms with E-state index in [1.165, 1.54) is 22.5 Å². The van der Waals surface area contributed by atoms with Crippen LogP contribution in [0.5, 0.6) is 5.75 Å². The van der Waals surface area contributed by atoms with E-state index in [-0.39, 0.29) is 22.7 Å². The lowest BCUT2D eigenvalue weighted by molar-refractivity contribution is 0.295. The summed E-state index contributed by atoms with van der Waals surface area (Å²) >= 11 is 5.83. The maximum atomic E-state index is 12.6. The number of fused-ring (bicyclic) bond motifs is 2. The van der Waals surface area contributed by atoms with Crippen molar-refractivity contribution >= 4 is 21.6 Å². The van der Waals surface area contributed by atoms with Crippen molar-refractivity contribution in [3.63, 3.8) is 0 Å². The highest BCUT2D eigenvalue weighted by molar-refractivity contribution is 7.89. The standard InChI is InChI=1S/C12H15ClN2O3S/c13-8-1-4-11(16)12(5-8)19(17,18)15-6-9-2-3-10(7-15)14-9/h1,4-5,9-10,14,16H,2-3,6-7H2. The summed E-state index contributed by atoms with van der Waals surface area (Å²) in [5, 5.41) is 13.4. The van der Waals surface area contributed by atoms with Gasteiger partial charge in [-0.25, -0.2) is 8.42 Å². The van der Waals surface area contributed by atoms with Gasteiger partial charge in [0.1, 0.15) is 10.6 Å². The molecule has 2 aliphatic rings. The molecule has 0 aromatic heterocycles. The summed E-state index contributed by atoms with van der Waals surface area (Å²) in [6, 6.07) is 4.52. The predicted molar refractivity (Wildman–Crippen MR) is 71.8 cm³/mol. The Bertz CT molecular complexity index is 593. The Kier molecular flexibility index (Phi) is 3.21. The maximum absolute atomic E-state index is 12.6. The Labute approximate surface area is 117 Å². The van der Waals surface area contributed by atoms with Crippen LogP contribution in [0.3, 0.4) is 0 Å². The van der Waals surface area contributed by atoms with Crippen molar-refractivity contribution < 1.29 is 13.5 Å². The molecule has 2 fully saturated rings. The molecule has 0 aliphatic carbocycles. The van der Waals surface area contributed by atoms with Gasteiger partial charge in [-0.3, -0.25) is 0 Å². The molecular formula is C12H15ClN2O3S. The number of phenolic OH excluding ortho intramolecular Hbond substituents is 1. The monoisotopic (exact) mass is 302 g/mol. The van der Waals surface area contributed by atoms with Crippen molar-refractivity contribution in [2.75, 3.05) is 13.1 Å². The van der Waals surface area contributed by atoms with Crippen LogP contribution >= 0.6 is 11.6 Å². The number of phenols is 1. The first-order valence-electron chi connectivity index (χ1n) is 6.21. The minimum atomic E-state index is -3.68. The summed E-state index contributed by atoms with van der Waals surface area (Å²) in [4.78, 5) is -0.110. The van der Waals surface area contributed by atoms with Gasteiger partial charge in [0.15, 0.2) is 0 Å². The number of piperazine rings is 1. The molecule has 2 N–H and O–H groups in total. The average Bonchev–Trinajstić information content (AvgIpc) is 2.71. The van der Waals surface area contributed by atoms with Gasteiger partial charge >= 0.3 is 0 Å². The Morgan fingerprint density at radius 3 is 2.53 bits per heavy atom. The van der Waals surface area contributed by atoms with Crippen molar-refractivity contribution in [2.45, 2.75) is 29.8 Å². The normalized spacial score (nSPS) is 27.6. The van der Waals surface area contributed by atoms with Crippen molar-refractivity contribution in [3.05, 3.63) is 23.2 Å². The molecule has 19 heavy (non-hydrogen) atoms. The van der Waals surface area contributed by atoms with Gasteiger partial charge in [0.25, 0.3) is 0 Å². The van der Waals surface area contributed by atoms with Crippen LogP contribution in [-0.2, 0) is 10.0 Å². The number of aromatic hydroxyl groups is 1. The molecule has 5 nitrogen and oxygen atoms in total. The highest BCUT2D eigenvalue weighted by atomic mass is 35.5. The van der Waals surface area contributed by atoms with Gasteiger partial charge in [0, 0.05) is 30.2 Å². The molecule has 0 amide bonds. The molecule has 0 radical (unpaired) electrons. The topological polar surface area (TPSA) is 69.6 Å². The maximum Gasteiger partial charge on any atom is 0.246 e. The number of benzene rings is 1. The molecule has 3 rings (SSSR count). The molecule has 1 aromatic carbocycles. The number of nitrogens with one attached hydrogen (secondary N) is 1. The summed E-state index contributed by atoms with van der Waals surface area (Å²) in [6.45, 7) is 0.898. The molecule has 104 valence electrons. The zero-order chi connectivity index (χ0) is 13.6. The van der Waals surface area contributed by atoms with Gasteiger partial charge in [-0.1, -0.05) is 11.6 Å². The van der Waals surface area contributed by atoms with Crippen LogP contribution in [-0.4, -0.2) is 43.0 Å². The van der Waals surface area contributed by atoms with E-state index in [0.29, 0.717) is 18.1 Å². The summed E-state index contributed by atoms with van der Waals surface area (Å²) < 4.78 is 26.6. The van der Waals surface area contributed by atoms with Gasteiger partial charge in [-0.15, -0.1) is 0 Å². The average molecular weight is 303 g/mol. The van der Waals surface area contributed by atoms with Gasteiger partial charge < -0.3 is 10.4 Å². The van der Waals surface area contributed by atoms with Gasteiger partial charge in [-0.2, -0.15) is 4.31 Å². The van der Waals surface area contributed by atoms with Crippen molar-refractivity contribution in [1.29, 1.82) is 0 Å². The molecule has 2 unspecified atom stereocenters. The SMILES string of the molecule is O=S(=O)(c1cc(Cl)ccc1O)N1CC2CCC(C1)N2. The molecular weight excluding hydrogens is 288 g/mol. The lowest BCUT2D eigenvalue weighted by Gasteiger charge is -2.32. The summed E-state index contributed by atoms with van der Waals surface area (Å²) in [7, 11) is -3.68. The minimum Gasteiger partial charge on any atom is -0.507 e. The molecule has 2 bridgehead atoms. The summed E-state index contributed by atoms with van der Waals surface area (Å²) in [5.74, 6) is -0.254. The zero-order valence-corrected chi connectivity index (χ0v) is 11.8. The van der Waals surface area contributed by atoms with E-state index < -0.39 is 10.0 Å². The quantitative estimate of drug-likeness (QED) is 0.860. The molecule has 0 saturated carbocycles.